The number of benzene rings is 3. The molecule has 0 bridgehead atoms. The third-order valence-corrected chi connectivity index (χ3v) is 6.42. The summed E-state index contributed by atoms with van der Waals surface area (Å²) in [6, 6.07) is 17.9. The Bertz CT molecular complexity index is 1340. The zero-order chi connectivity index (χ0) is 26.7. The van der Waals surface area contributed by atoms with E-state index in [0.717, 1.165) is 17.7 Å². The monoisotopic (exact) mass is 525 g/mol. The smallest absolute Gasteiger partial charge is 0.416 e. The molecular formula is C28H26F3N3O4. The maximum absolute atomic E-state index is 13.5. The molecule has 7 nitrogen and oxygen atoms in total. The van der Waals surface area contributed by atoms with Crippen LogP contribution >= 0.6 is 0 Å². The van der Waals surface area contributed by atoms with Crippen LogP contribution in [0.1, 0.15) is 23.1 Å². The number of halogens is 3. The number of hydrogen-bond donors (Lipinski definition) is 0. The van der Waals surface area contributed by atoms with Gasteiger partial charge in [-0.25, -0.2) is 9.79 Å². The molecule has 1 fully saturated rings. The summed E-state index contributed by atoms with van der Waals surface area (Å²) in [6.07, 6.45) is -4.31. The van der Waals surface area contributed by atoms with Gasteiger partial charge in [0.15, 0.2) is 5.75 Å². The topological polar surface area (TPSA) is 63.6 Å². The van der Waals surface area contributed by atoms with Crippen molar-refractivity contribution < 1.29 is 32.2 Å². The van der Waals surface area contributed by atoms with Gasteiger partial charge in [0.05, 0.1) is 18.2 Å². The van der Waals surface area contributed by atoms with Gasteiger partial charge in [-0.3, -0.25) is 0 Å². The molecule has 0 aromatic heterocycles. The molecule has 0 unspecified atom stereocenters. The van der Waals surface area contributed by atoms with Crippen molar-refractivity contribution in [3.8, 4) is 17.2 Å². The molecule has 3 aromatic rings. The van der Waals surface area contributed by atoms with E-state index in [9.17, 15) is 18.0 Å². The molecule has 2 heterocycles. The summed E-state index contributed by atoms with van der Waals surface area (Å²) in [5.74, 6) is 1.69. The Labute approximate surface area is 218 Å². The number of methoxy groups -OCH3 is 1. The molecule has 0 spiro atoms. The molecule has 2 aliphatic heterocycles. The first-order valence-corrected chi connectivity index (χ1v) is 12.2. The molecule has 0 saturated carbocycles. The number of rotatable bonds is 3. The molecule has 1 amide bonds. The lowest BCUT2D eigenvalue weighted by molar-refractivity contribution is -0.137. The number of fused-ring (bicyclic) bond motifs is 2. The van der Waals surface area contributed by atoms with Crippen molar-refractivity contribution in [2.75, 3.05) is 33.3 Å². The zero-order valence-corrected chi connectivity index (χ0v) is 20.7. The van der Waals surface area contributed by atoms with E-state index in [-0.39, 0.29) is 18.0 Å². The fourth-order valence-corrected chi connectivity index (χ4v) is 4.42. The second-order valence-electron chi connectivity index (χ2n) is 8.95. The predicted octanol–water partition coefficient (Wildman–Crippen LogP) is 6.24. The van der Waals surface area contributed by atoms with E-state index in [1.165, 1.54) is 13.2 Å². The maximum Gasteiger partial charge on any atom is 0.416 e. The highest BCUT2D eigenvalue weighted by atomic mass is 19.4. The number of carbonyl (C=O) groups is 1. The number of ether oxygens (including phenoxy) is 3. The zero-order valence-electron chi connectivity index (χ0n) is 20.7. The number of amidine groups is 1. The van der Waals surface area contributed by atoms with Crippen molar-refractivity contribution in [3.05, 3.63) is 83.4 Å². The van der Waals surface area contributed by atoms with Crippen LogP contribution in [0.15, 0.2) is 71.7 Å². The first kappa shape index (κ1) is 25.4. The second-order valence-corrected chi connectivity index (χ2v) is 8.95. The minimum Gasteiger partial charge on any atom is -0.497 e. The first-order valence-electron chi connectivity index (χ1n) is 12.2. The Kier molecular flexibility index (Phi) is 7.13. The SMILES string of the molecule is COc1ccc2c(c1)C(N1CCCN(C(=O)OCc3ccccc3)CC1)=Nc1cc(C(F)(F)F)ccc1O2. The molecule has 3 aromatic carbocycles. The lowest BCUT2D eigenvalue weighted by Gasteiger charge is -2.25. The standard InChI is InChI=1S/C28H26F3N3O4/c1-36-21-9-11-24-22(17-21)26(32-23-16-20(28(29,30)31)8-10-25(23)38-24)33-12-5-13-34(15-14-33)27(35)37-18-19-6-3-2-4-7-19/h2-4,6-11,16-17H,5,12-15,18H2,1H3. The largest absolute Gasteiger partial charge is 0.497 e. The van der Waals surface area contributed by atoms with E-state index in [2.05, 4.69) is 4.99 Å². The maximum atomic E-state index is 13.5. The van der Waals surface area contributed by atoms with Gasteiger partial charge in [0.25, 0.3) is 0 Å². The van der Waals surface area contributed by atoms with Crippen LogP contribution in [0.25, 0.3) is 0 Å². The highest BCUT2D eigenvalue weighted by Crippen LogP contribution is 2.42. The Morgan fingerprint density at radius 3 is 2.53 bits per heavy atom. The van der Waals surface area contributed by atoms with Crippen molar-refractivity contribution >= 4 is 17.6 Å². The molecule has 0 atom stereocenters. The van der Waals surface area contributed by atoms with Crippen LogP contribution in [-0.4, -0.2) is 55.0 Å². The Morgan fingerprint density at radius 2 is 1.76 bits per heavy atom. The number of hydrogen-bond acceptors (Lipinski definition) is 6. The Balaban J connectivity index is 1.41. The molecule has 0 radical (unpaired) electrons. The molecule has 198 valence electrons. The van der Waals surface area contributed by atoms with Gasteiger partial charge in [0.1, 0.15) is 29.6 Å². The summed E-state index contributed by atoms with van der Waals surface area (Å²) >= 11 is 0. The number of amides is 1. The number of carbonyl (C=O) groups excluding carboxylic acids is 1. The molecule has 0 N–H and O–H groups in total. The molecule has 10 heteroatoms. The fraction of sp³-hybridized carbons (Fsp3) is 0.286. The van der Waals surface area contributed by atoms with Crippen molar-refractivity contribution in [1.82, 2.24) is 9.80 Å². The third kappa shape index (κ3) is 5.53. The molecule has 0 aliphatic carbocycles. The van der Waals surface area contributed by atoms with Crippen LogP contribution in [0.5, 0.6) is 17.2 Å². The van der Waals surface area contributed by atoms with Crippen LogP contribution in [0.3, 0.4) is 0 Å². The van der Waals surface area contributed by atoms with E-state index in [4.69, 9.17) is 14.2 Å². The highest BCUT2D eigenvalue weighted by molar-refractivity contribution is 6.04. The Morgan fingerprint density at radius 1 is 0.974 bits per heavy atom. The van der Waals surface area contributed by atoms with Crippen molar-refractivity contribution in [2.45, 2.75) is 19.2 Å². The van der Waals surface area contributed by atoms with Crippen molar-refractivity contribution in [1.29, 1.82) is 0 Å². The fourth-order valence-electron chi connectivity index (χ4n) is 4.42. The summed E-state index contributed by atoms with van der Waals surface area (Å²) in [7, 11) is 1.53. The van der Waals surface area contributed by atoms with Gasteiger partial charge < -0.3 is 24.0 Å². The third-order valence-electron chi connectivity index (χ3n) is 6.42. The van der Waals surface area contributed by atoms with E-state index in [1.54, 1.807) is 23.1 Å². The normalized spacial score (nSPS) is 15.3. The van der Waals surface area contributed by atoms with Gasteiger partial charge in [-0.15, -0.1) is 0 Å². The molecule has 38 heavy (non-hydrogen) atoms. The molecule has 1 saturated heterocycles. The molecule has 2 aliphatic rings. The second kappa shape index (κ2) is 10.6. The molecule has 5 rings (SSSR count). The summed E-state index contributed by atoms with van der Waals surface area (Å²) in [6.45, 7) is 1.96. The van der Waals surface area contributed by atoms with Crippen LogP contribution in [0.4, 0.5) is 23.7 Å². The van der Waals surface area contributed by atoms with Crippen LogP contribution in [0.2, 0.25) is 0 Å². The summed E-state index contributed by atoms with van der Waals surface area (Å²) in [5, 5.41) is 0. The van der Waals surface area contributed by atoms with Crippen LogP contribution in [0, 0.1) is 0 Å². The van der Waals surface area contributed by atoms with Crippen LogP contribution < -0.4 is 9.47 Å². The van der Waals surface area contributed by atoms with Gasteiger partial charge in [0.2, 0.25) is 0 Å². The van der Waals surface area contributed by atoms with Gasteiger partial charge >= 0.3 is 12.3 Å². The van der Waals surface area contributed by atoms with Crippen molar-refractivity contribution in [3.63, 3.8) is 0 Å². The average Bonchev–Trinajstić information content (AvgIpc) is 3.26. The number of nitrogens with zero attached hydrogens (tertiary/aromatic N) is 3. The summed E-state index contributed by atoms with van der Waals surface area (Å²) in [5.41, 5.74) is 0.754. The quantitative estimate of drug-likeness (QED) is 0.405. The minimum atomic E-state index is -4.52. The van der Waals surface area contributed by atoms with Gasteiger partial charge in [-0.1, -0.05) is 30.3 Å². The van der Waals surface area contributed by atoms with Gasteiger partial charge in [0, 0.05) is 26.2 Å². The van der Waals surface area contributed by atoms with Gasteiger partial charge in [-0.05, 0) is 48.4 Å². The summed E-state index contributed by atoms with van der Waals surface area (Å²) in [4.78, 5) is 21.0. The first-order chi connectivity index (χ1) is 18.3. The lowest BCUT2D eigenvalue weighted by Crippen LogP contribution is -2.37. The average molecular weight is 526 g/mol. The highest BCUT2D eigenvalue weighted by Gasteiger charge is 2.33. The van der Waals surface area contributed by atoms with E-state index in [0.29, 0.717) is 55.5 Å². The van der Waals surface area contributed by atoms with Crippen LogP contribution in [-0.2, 0) is 17.5 Å². The Hall–Kier alpha value is -4.21. The molecular weight excluding hydrogens is 499 g/mol. The minimum absolute atomic E-state index is 0.0772. The lowest BCUT2D eigenvalue weighted by atomic mass is 10.1. The van der Waals surface area contributed by atoms with E-state index in [1.807, 2.05) is 35.2 Å². The number of alkyl halides is 3. The number of aliphatic imine (C=N–C) groups is 1. The van der Waals surface area contributed by atoms with E-state index < -0.39 is 17.8 Å². The van der Waals surface area contributed by atoms with E-state index >= 15 is 0 Å². The van der Waals surface area contributed by atoms with Crippen molar-refractivity contribution in [2.24, 2.45) is 4.99 Å². The summed E-state index contributed by atoms with van der Waals surface area (Å²) < 4.78 is 57.2. The predicted molar refractivity (Wildman–Crippen MR) is 135 cm³/mol. The van der Waals surface area contributed by atoms with Gasteiger partial charge in [-0.2, -0.15) is 13.2 Å².